The molecule has 1 aromatic heterocycles. The van der Waals surface area contributed by atoms with Gasteiger partial charge in [0.2, 0.25) is 0 Å². The van der Waals surface area contributed by atoms with Gasteiger partial charge in [-0.25, -0.2) is 0 Å². The van der Waals surface area contributed by atoms with Crippen molar-refractivity contribution in [2.24, 2.45) is 5.73 Å². The molecule has 25 heavy (non-hydrogen) atoms. The maximum Gasteiger partial charge on any atom is 0.260 e. The van der Waals surface area contributed by atoms with Crippen molar-refractivity contribution in [3.05, 3.63) is 39.8 Å². The van der Waals surface area contributed by atoms with Crippen LogP contribution in [0.25, 0.3) is 0 Å². The van der Waals surface area contributed by atoms with Gasteiger partial charge in [-0.05, 0) is 49.4 Å². The normalized spacial score (nSPS) is 13.0. The molecule has 0 fully saturated rings. The van der Waals surface area contributed by atoms with E-state index < -0.39 is 5.91 Å². The van der Waals surface area contributed by atoms with E-state index in [9.17, 15) is 9.59 Å². The van der Waals surface area contributed by atoms with Crippen molar-refractivity contribution in [3.63, 3.8) is 0 Å². The maximum atomic E-state index is 12.8. The lowest BCUT2D eigenvalue weighted by Crippen LogP contribution is -2.19. The summed E-state index contributed by atoms with van der Waals surface area (Å²) in [5.74, 6) is 0.107. The quantitative estimate of drug-likeness (QED) is 0.857. The van der Waals surface area contributed by atoms with E-state index in [1.807, 2.05) is 0 Å². The molecule has 2 amide bonds. The van der Waals surface area contributed by atoms with Gasteiger partial charge in [-0.2, -0.15) is 0 Å². The summed E-state index contributed by atoms with van der Waals surface area (Å²) in [7, 11) is 3.03. The lowest BCUT2D eigenvalue weighted by Gasteiger charge is -2.12. The summed E-state index contributed by atoms with van der Waals surface area (Å²) in [5, 5.41) is 3.34. The molecule has 3 rings (SSSR count). The molecule has 0 unspecified atom stereocenters. The molecule has 6 nitrogen and oxygen atoms in total. The number of thiophene rings is 1. The van der Waals surface area contributed by atoms with Crippen molar-refractivity contribution in [1.29, 1.82) is 0 Å². The Balaban J connectivity index is 1.96. The van der Waals surface area contributed by atoms with Crippen molar-refractivity contribution in [3.8, 4) is 11.5 Å². The highest BCUT2D eigenvalue weighted by Gasteiger charge is 2.26. The first-order chi connectivity index (χ1) is 12.0. The van der Waals surface area contributed by atoms with Gasteiger partial charge in [-0.15, -0.1) is 11.3 Å². The number of carbonyl (C=O) groups excluding carboxylic acids is 2. The van der Waals surface area contributed by atoms with Gasteiger partial charge in [0, 0.05) is 4.88 Å². The predicted octanol–water partition coefficient (Wildman–Crippen LogP) is 3.00. The predicted molar refractivity (Wildman–Crippen MR) is 97.0 cm³/mol. The van der Waals surface area contributed by atoms with Crippen LogP contribution in [0.2, 0.25) is 0 Å². The summed E-state index contributed by atoms with van der Waals surface area (Å²) in [4.78, 5) is 25.8. The molecule has 0 radical (unpaired) electrons. The van der Waals surface area contributed by atoms with Crippen molar-refractivity contribution < 1.29 is 19.1 Å². The van der Waals surface area contributed by atoms with E-state index in [-0.39, 0.29) is 5.91 Å². The van der Waals surface area contributed by atoms with Crippen LogP contribution in [0.3, 0.4) is 0 Å². The third-order valence-corrected chi connectivity index (χ3v) is 5.50. The molecule has 2 aromatic rings. The standard InChI is InChI=1S/C18H20N2O4S/c1-23-10-7-8-13(24-2)12(9-10)17(22)20-18-15(16(19)21)11-5-3-4-6-14(11)25-18/h7-9H,3-6H2,1-2H3,(H2,19,21)(H,20,22). The number of benzene rings is 1. The highest BCUT2D eigenvalue weighted by molar-refractivity contribution is 7.17. The van der Waals surface area contributed by atoms with Crippen molar-refractivity contribution >= 4 is 28.2 Å². The first kappa shape index (κ1) is 17.3. The smallest absolute Gasteiger partial charge is 0.260 e. The molecule has 0 saturated carbocycles. The van der Waals surface area contributed by atoms with Crippen LogP contribution in [0.5, 0.6) is 11.5 Å². The summed E-state index contributed by atoms with van der Waals surface area (Å²) in [6.45, 7) is 0. The minimum atomic E-state index is -0.507. The number of hydrogen-bond acceptors (Lipinski definition) is 5. The van der Waals surface area contributed by atoms with Crippen molar-refractivity contribution in [2.45, 2.75) is 25.7 Å². The number of nitrogens with two attached hydrogens (primary N) is 1. The minimum Gasteiger partial charge on any atom is -0.497 e. The third kappa shape index (κ3) is 3.32. The molecular formula is C18H20N2O4S. The van der Waals surface area contributed by atoms with Gasteiger partial charge in [-0.1, -0.05) is 0 Å². The Kier molecular flexibility index (Phi) is 4.94. The first-order valence-electron chi connectivity index (χ1n) is 8.03. The fourth-order valence-electron chi connectivity index (χ4n) is 3.08. The molecule has 1 aromatic carbocycles. The van der Waals surface area contributed by atoms with Crippen LogP contribution < -0.4 is 20.5 Å². The summed E-state index contributed by atoms with van der Waals surface area (Å²) >= 11 is 1.43. The van der Waals surface area contributed by atoms with Gasteiger partial charge >= 0.3 is 0 Å². The van der Waals surface area contributed by atoms with Crippen LogP contribution in [-0.2, 0) is 12.8 Å². The molecule has 0 bridgehead atoms. The number of rotatable bonds is 5. The zero-order valence-corrected chi connectivity index (χ0v) is 15.0. The average molecular weight is 360 g/mol. The Morgan fingerprint density at radius 2 is 1.92 bits per heavy atom. The van der Waals surface area contributed by atoms with Gasteiger partial charge < -0.3 is 20.5 Å². The zero-order valence-electron chi connectivity index (χ0n) is 14.2. The Labute approximate surface area is 149 Å². The van der Waals surface area contributed by atoms with Gasteiger partial charge in [0.05, 0.1) is 25.3 Å². The summed E-state index contributed by atoms with van der Waals surface area (Å²) in [5.41, 5.74) is 7.33. The Morgan fingerprint density at radius 1 is 1.16 bits per heavy atom. The second kappa shape index (κ2) is 7.14. The third-order valence-electron chi connectivity index (χ3n) is 4.30. The fourth-order valence-corrected chi connectivity index (χ4v) is 4.37. The van der Waals surface area contributed by atoms with Gasteiger partial charge in [0.25, 0.3) is 11.8 Å². The highest BCUT2D eigenvalue weighted by atomic mass is 32.1. The fraction of sp³-hybridized carbons (Fsp3) is 0.333. The van der Waals surface area contributed by atoms with Crippen LogP contribution in [0.15, 0.2) is 18.2 Å². The van der Waals surface area contributed by atoms with Crippen molar-refractivity contribution in [2.75, 3.05) is 19.5 Å². The lowest BCUT2D eigenvalue weighted by atomic mass is 9.95. The van der Waals surface area contributed by atoms with Crippen LogP contribution in [0, 0.1) is 0 Å². The van der Waals surface area contributed by atoms with E-state index in [0.29, 0.717) is 27.6 Å². The SMILES string of the molecule is COc1ccc(OC)c(C(=O)Nc2sc3c(c2C(N)=O)CCCC3)c1. The van der Waals surface area contributed by atoms with E-state index in [0.717, 1.165) is 36.1 Å². The first-order valence-corrected chi connectivity index (χ1v) is 8.84. The van der Waals surface area contributed by atoms with E-state index in [4.69, 9.17) is 15.2 Å². The van der Waals surface area contributed by atoms with E-state index in [2.05, 4.69) is 5.32 Å². The number of amides is 2. The minimum absolute atomic E-state index is 0.337. The van der Waals surface area contributed by atoms with Gasteiger partial charge in [0.15, 0.2) is 0 Å². The number of primary amides is 1. The van der Waals surface area contributed by atoms with E-state index >= 15 is 0 Å². The lowest BCUT2D eigenvalue weighted by molar-refractivity contribution is 0.100. The second-order valence-electron chi connectivity index (χ2n) is 5.80. The molecule has 7 heteroatoms. The van der Waals surface area contributed by atoms with Crippen LogP contribution in [0.4, 0.5) is 5.00 Å². The number of nitrogens with one attached hydrogen (secondary N) is 1. The zero-order chi connectivity index (χ0) is 18.0. The largest absolute Gasteiger partial charge is 0.497 e. The number of aryl methyl sites for hydroxylation is 1. The van der Waals surface area contributed by atoms with Crippen LogP contribution in [0.1, 0.15) is 44.0 Å². The molecule has 0 atom stereocenters. The topological polar surface area (TPSA) is 90.7 Å². The molecule has 1 aliphatic carbocycles. The van der Waals surface area contributed by atoms with Gasteiger partial charge in [-0.3, -0.25) is 9.59 Å². The van der Waals surface area contributed by atoms with Gasteiger partial charge in [0.1, 0.15) is 16.5 Å². The number of anilines is 1. The number of methoxy groups -OCH3 is 2. The van der Waals surface area contributed by atoms with Crippen LogP contribution in [-0.4, -0.2) is 26.0 Å². The molecule has 0 aliphatic heterocycles. The Morgan fingerprint density at radius 3 is 2.60 bits per heavy atom. The molecule has 1 heterocycles. The monoisotopic (exact) mass is 360 g/mol. The summed E-state index contributed by atoms with van der Waals surface area (Å²) < 4.78 is 10.4. The molecule has 1 aliphatic rings. The average Bonchev–Trinajstić information content (AvgIpc) is 2.98. The van der Waals surface area contributed by atoms with E-state index in [1.54, 1.807) is 18.2 Å². The van der Waals surface area contributed by atoms with Crippen molar-refractivity contribution in [1.82, 2.24) is 0 Å². The number of ether oxygens (including phenoxy) is 2. The molecule has 0 saturated heterocycles. The summed E-state index contributed by atoms with van der Waals surface area (Å²) in [6.07, 6.45) is 3.85. The van der Waals surface area contributed by atoms with E-state index in [1.165, 1.54) is 25.6 Å². The van der Waals surface area contributed by atoms with Crippen LogP contribution >= 0.6 is 11.3 Å². The number of hydrogen-bond donors (Lipinski definition) is 2. The molecule has 132 valence electrons. The second-order valence-corrected chi connectivity index (χ2v) is 6.90. The number of carbonyl (C=O) groups is 2. The maximum absolute atomic E-state index is 12.8. The molecule has 3 N–H and O–H groups in total. The molecule has 0 spiro atoms. The molecular weight excluding hydrogens is 340 g/mol. The Bertz CT molecular complexity index is 829. The number of fused-ring (bicyclic) bond motifs is 1. The highest BCUT2D eigenvalue weighted by Crippen LogP contribution is 2.38. The summed E-state index contributed by atoms with van der Waals surface area (Å²) in [6, 6.07) is 4.99. The Hall–Kier alpha value is -2.54.